The number of rotatable bonds is 2. The second-order valence-electron chi connectivity index (χ2n) is 2.63. The minimum absolute atomic E-state index is 0.716. The van der Waals surface area contributed by atoms with Crippen LogP contribution in [0.3, 0.4) is 0 Å². The summed E-state index contributed by atoms with van der Waals surface area (Å²) in [6.07, 6.45) is 9.89. The predicted octanol–water partition coefficient (Wildman–Crippen LogP) is 1.27. The van der Waals surface area contributed by atoms with Crippen molar-refractivity contribution in [1.29, 1.82) is 0 Å². The molecular weight excluding hydrogens is 133 g/mol. The van der Waals surface area contributed by atoms with Crippen molar-refractivity contribution in [3.8, 4) is 0 Å². The molecule has 0 aromatic rings. The minimum Gasteiger partial charge on any atom is -0.330 e. The van der Waals surface area contributed by atoms with Crippen LogP contribution in [0.5, 0.6) is 0 Å². The maximum Gasteiger partial charge on any atom is 0.113 e. The third kappa shape index (κ3) is 2.77. The van der Waals surface area contributed by atoms with Crippen molar-refractivity contribution >= 4 is 7.85 Å². The Morgan fingerprint density at radius 2 is 2.36 bits per heavy atom. The molecular formula is C9H12BN. The molecule has 56 valence electrons. The standard InChI is InChI=1S/C9H12BN/c10-9-3-1-2-8(4-5-9)6-7-11/h1-3,5H,4,6-7,11H2. The van der Waals surface area contributed by atoms with E-state index in [0.29, 0.717) is 6.54 Å². The molecule has 11 heavy (non-hydrogen) atoms. The van der Waals surface area contributed by atoms with Gasteiger partial charge in [0.05, 0.1) is 0 Å². The normalized spacial score (nSPS) is 17.2. The highest BCUT2D eigenvalue weighted by atomic mass is 14.5. The Labute approximate surface area is 69.1 Å². The van der Waals surface area contributed by atoms with E-state index in [-0.39, 0.29) is 0 Å². The van der Waals surface area contributed by atoms with Gasteiger partial charge in [-0.15, -0.1) is 5.47 Å². The molecule has 0 saturated heterocycles. The zero-order valence-electron chi connectivity index (χ0n) is 6.59. The van der Waals surface area contributed by atoms with E-state index in [4.69, 9.17) is 13.6 Å². The Morgan fingerprint density at radius 1 is 1.55 bits per heavy atom. The lowest BCUT2D eigenvalue weighted by Gasteiger charge is -1.99. The van der Waals surface area contributed by atoms with E-state index in [0.717, 1.165) is 18.3 Å². The third-order valence-electron chi connectivity index (χ3n) is 1.69. The molecule has 2 radical (unpaired) electrons. The molecule has 0 aromatic carbocycles. The minimum atomic E-state index is 0.716. The predicted molar refractivity (Wildman–Crippen MR) is 49.3 cm³/mol. The Hall–Kier alpha value is -0.755. The van der Waals surface area contributed by atoms with Gasteiger partial charge in [-0.2, -0.15) is 0 Å². The fourth-order valence-corrected chi connectivity index (χ4v) is 1.05. The topological polar surface area (TPSA) is 26.0 Å². The molecule has 0 spiro atoms. The van der Waals surface area contributed by atoms with E-state index >= 15 is 0 Å². The second-order valence-corrected chi connectivity index (χ2v) is 2.63. The molecule has 1 aliphatic carbocycles. The number of hydrogen-bond acceptors (Lipinski definition) is 1. The summed E-state index contributed by atoms with van der Waals surface area (Å²) in [6.45, 7) is 0.716. The van der Waals surface area contributed by atoms with Crippen LogP contribution in [0.2, 0.25) is 0 Å². The first-order valence-electron chi connectivity index (χ1n) is 3.84. The van der Waals surface area contributed by atoms with Gasteiger partial charge in [0.2, 0.25) is 0 Å². The van der Waals surface area contributed by atoms with E-state index in [1.165, 1.54) is 5.57 Å². The molecule has 0 unspecified atom stereocenters. The van der Waals surface area contributed by atoms with Gasteiger partial charge >= 0.3 is 0 Å². The lowest BCUT2D eigenvalue weighted by atomic mass is 9.94. The smallest absolute Gasteiger partial charge is 0.113 e. The Morgan fingerprint density at radius 3 is 3.09 bits per heavy atom. The lowest BCUT2D eigenvalue weighted by Crippen LogP contribution is -1.99. The number of allylic oxidation sites excluding steroid dienone is 5. The molecule has 1 aliphatic rings. The second kappa shape index (κ2) is 4.19. The number of nitrogens with two attached hydrogens (primary N) is 1. The zero-order chi connectivity index (χ0) is 8.10. The van der Waals surface area contributed by atoms with Crippen LogP contribution in [-0.2, 0) is 0 Å². The molecule has 0 bridgehead atoms. The SMILES string of the molecule is [B]C1=CCC(CCN)=CC=C1. The van der Waals surface area contributed by atoms with Crippen LogP contribution >= 0.6 is 0 Å². The van der Waals surface area contributed by atoms with Crippen molar-refractivity contribution < 1.29 is 0 Å². The molecule has 0 aromatic heterocycles. The number of hydrogen-bond donors (Lipinski definition) is 1. The fraction of sp³-hybridized carbons (Fsp3) is 0.333. The van der Waals surface area contributed by atoms with Crippen molar-refractivity contribution in [2.45, 2.75) is 12.8 Å². The molecule has 1 rings (SSSR count). The first-order valence-corrected chi connectivity index (χ1v) is 3.84. The maximum atomic E-state index is 5.60. The summed E-state index contributed by atoms with van der Waals surface area (Å²) in [5.74, 6) is 0. The molecule has 0 atom stereocenters. The molecule has 0 fully saturated rings. The van der Waals surface area contributed by atoms with Gasteiger partial charge in [-0.3, -0.25) is 0 Å². The van der Waals surface area contributed by atoms with Crippen LogP contribution in [0.25, 0.3) is 0 Å². The van der Waals surface area contributed by atoms with Gasteiger partial charge in [-0.25, -0.2) is 0 Å². The van der Waals surface area contributed by atoms with Crippen molar-refractivity contribution in [3.63, 3.8) is 0 Å². The zero-order valence-corrected chi connectivity index (χ0v) is 6.59. The molecule has 1 nitrogen and oxygen atoms in total. The van der Waals surface area contributed by atoms with Gasteiger partial charge in [0.1, 0.15) is 7.85 Å². The Bertz CT molecular complexity index is 211. The molecule has 2 N–H and O–H groups in total. The van der Waals surface area contributed by atoms with Gasteiger partial charge in [0, 0.05) is 0 Å². The first kappa shape index (κ1) is 8.34. The van der Waals surface area contributed by atoms with Crippen molar-refractivity contribution in [2.24, 2.45) is 5.73 Å². The monoisotopic (exact) mass is 145 g/mol. The van der Waals surface area contributed by atoms with Crippen molar-refractivity contribution in [1.82, 2.24) is 0 Å². The van der Waals surface area contributed by atoms with E-state index in [1.807, 2.05) is 18.2 Å². The molecule has 2 heteroatoms. The average molecular weight is 145 g/mol. The Balaban J connectivity index is 2.58. The maximum absolute atomic E-state index is 5.60. The van der Waals surface area contributed by atoms with Crippen LogP contribution in [-0.4, -0.2) is 14.4 Å². The molecule has 0 aliphatic heterocycles. The summed E-state index contributed by atoms with van der Waals surface area (Å²) in [6, 6.07) is 0. The van der Waals surface area contributed by atoms with E-state index in [9.17, 15) is 0 Å². The molecule has 0 amide bonds. The fourth-order valence-electron chi connectivity index (χ4n) is 1.05. The van der Waals surface area contributed by atoms with Gasteiger partial charge in [-0.1, -0.05) is 29.9 Å². The van der Waals surface area contributed by atoms with E-state index in [2.05, 4.69) is 6.08 Å². The van der Waals surface area contributed by atoms with Gasteiger partial charge in [0.15, 0.2) is 0 Å². The highest BCUT2D eigenvalue weighted by Gasteiger charge is 1.95. The van der Waals surface area contributed by atoms with Crippen LogP contribution in [0.4, 0.5) is 0 Å². The lowest BCUT2D eigenvalue weighted by molar-refractivity contribution is 0.921. The molecule has 0 heterocycles. The Kier molecular flexibility index (Phi) is 3.18. The van der Waals surface area contributed by atoms with Gasteiger partial charge < -0.3 is 5.73 Å². The quantitative estimate of drug-likeness (QED) is 0.581. The summed E-state index contributed by atoms with van der Waals surface area (Å²) in [5.41, 5.74) is 7.62. The van der Waals surface area contributed by atoms with Crippen LogP contribution in [0.1, 0.15) is 12.8 Å². The summed E-state index contributed by atoms with van der Waals surface area (Å²) in [7, 11) is 5.60. The largest absolute Gasteiger partial charge is 0.330 e. The highest BCUT2D eigenvalue weighted by Crippen LogP contribution is 2.12. The van der Waals surface area contributed by atoms with Gasteiger partial charge in [-0.05, 0) is 19.4 Å². The van der Waals surface area contributed by atoms with Crippen LogP contribution in [0, 0.1) is 0 Å². The first-order chi connectivity index (χ1) is 5.33. The summed E-state index contributed by atoms with van der Waals surface area (Å²) in [5, 5.41) is 0. The summed E-state index contributed by atoms with van der Waals surface area (Å²) >= 11 is 0. The van der Waals surface area contributed by atoms with E-state index < -0.39 is 0 Å². The van der Waals surface area contributed by atoms with E-state index in [1.54, 1.807) is 0 Å². The van der Waals surface area contributed by atoms with Crippen molar-refractivity contribution in [3.05, 3.63) is 35.3 Å². The summed E-state index contributed by atoms with van der Waals surface area (Å²) in [4.78, 5) is 0. The van der Waals surface area contributed by atoms with Gasteiger partial charge in [0.25, 0.3) is 0 Å². The highest BCUT2D eigenvalue weighted by molar-refractivity contribution is 6.23. The third-order valence-corrected chi connectivity index (χ3v) is 1.69. The van der Waals surface area contributed by atoms with Crippen LogP contribution in [0.15, 0.2) is 35.3 Å². The molecule has 0 saturated carbocycles. The van der Waals surface area contributed by atoms with Crippen LogP contribution < -0.4 is 5.73 Å². The summed E-state index contributed by atoms with van der Waals surface area (Å²) < 4.78 is 0. The average Bonchev–Trinajstić information content (AvgIpc) is 2.17. The van der Waals surface area contributed by atoms with Crippen molar-refractivity contribution in [2.75, 3.05) is 6.54 Å².